The van der Waals surface area contributed by atoms with Crippen LogP contribution in [0.15, 0.2) is 29.0 Å². The molecule has 1 fully saturated rings. The van der Waals surface area contributed by atoms with Crippen molar-refractivity contribution in [2.45, 2.75) is 18.9 Å². The molecular weight excluding hydrogens is 372 g/mol. The summed E-state index contributed by atoms with van der Waals surface area (Å²) in [6.45, 7) is 0.776. The van der Waals surface area contributed by atoms with Gasteiger partial charge >= 0.3 is 0 Å². The van der Waals surface area contributed by atoms with Crippen molar-refractivity contribution in [2.75, 3.05) is 25.7 Å². The van der Waals surface area contributed by atoms with E-state index < -0.39 is 0 Å². The third-order valence-electron chi connectivity index (χ3n) is 4.34. The number of anilines is 1. The molecule has 0 aliphatic carbocycles. The molecule has 27 heavy (non-hydrogen) atoms. The number of rotatable bonds is 5. The molecule has 0 amide bonds. The van der Waals surface area contributed by atoms with Gasteiger partial charge in [0.05, 0.1) is 20.3 Å². The minimum atomic E-state index is -0.0583. The molecule has 0 radical (unpaired) electrons. The standard InChI is InChI=1S/C17H17ClN6O3/c1-25-14-9-13(18)21-17(22-14)24-7-3-4-11(24)12-8-10(23-27-12)15-16(26-2)20-6-5-19-15/h5-6,8-9,11H,3-4,7H2,1-2H3/t11-/m0/s1. The van der Waals surface area contributed by atoms with Crippen LogP contribution in [0.1, 0.15) is 24.6 Å². The first-order chi connectivity index (χ1) is 13.2. The summed E-state index contributed by atoms with van der Waals surface area (Å²) < 4.78 is 16.1. The van der Waals surface area contributed by atoms with Crippen LogP contribution in [0.3, 0.4) is 0 Å². The van der Waals surface area contributed by atoms with Crippen LogP contribution in [-0.2, 0) is 0 Å². The second-order valence-corrected chi connectivity index (χ2v) is 6.30. The van der Waals surface area contributed by atoms with Crippen LogP contribution in [0.25, 0.3) is 11.4 Å². The van der Waals surface area contributed by atoms with Crippen molar-refractivity contribution in [1.29, 1.82) is 0 Å². The van der Waals surface area contributed by atoms with Gasteiger partial charge in [0.25, 0.3) is 0 Å². The van der Waals surface area contributed by atoms with E-state index in [2.05, 4.69) is 25.1 Å². The van der Waals surface area contributed by atoms with Crippen LogP contribution in [0.5, 0.6) is 11.8 Å². The van der Waals surface area contributed by atoms with Crippen molar-refractivity contribution in [3.63, 3.8) is 0 Å². The molecule has 0 N–H and O–H groups in total. The highest BCUT2D eigenvalue weighted by Gasteiger charge is 2.32. The molecule has 0 bridgehead atoms. The monoisotopic (exact) mass is 388 g/mol. The predicted molar refractivity (Wildman–Crippen MR) is 97.0 cm³/mol. The highest BCUT2D eigenvalue weighted by molar-refractivity contribution is 6.29. The van der Waals surface area contributed by atoms with E-state index in [1.54, 1.807) is 25.6 Å². The first-order valence-electron chi connectivity index (χ1n) is 8.37. The normalized spacial score (nSPS) is 16.6. The Kier molecular flexibility index (Phi) is 4.76. The first kappa shape index (κ1) is 17.5. The third-order valence-corrected chi connectivity index (χ3v) is 4.53. The van der Waals surface area contributed by atoms with Gasteiger partial charge in [0.2, 0.25) is 17.7 Å². The van der Waals surface area contributed by atoms with Crippen molar-refractivity contribution >= 4 is 17.5 Å². The zero-order valence-corrected chi connectivity index (χ0v) is 15.5. The van der Waals surface area contributed by atoms with E-state index in [0.717, 1.165) is 19.4 Å². The summed E-state index contributed by atoms with van der Waals surface area (Å²) in [7, 11) is 3.08. The first-order valence-corrected chi connectivity index (χ1v) is 8.74. The Bertz CT molecular complexity index is 950. The van der Waals surface area contributed by atoms with Crippen LogP contribution in [0.2, 0.25) is 5.15 Å². The van der Waals surface area contributed by atoms with Gasteiger partial charge in [0, 0.05) is 31.1 Å². The highest BCUT2D eigenvalue weighted by Crippen LogP contribution is 2.37. The lowest BCUT2D eigenvalue weighted by molar-refractivity contribution is 0.360. The van der Waals surface area contributed by atoms with E-state index in [1.165, 1.54) is 7.11 Å². The zero-order valence-electron chi connectivity index (χ0n) is 14.8. The van der Waals surface area contributed by atoms with Gasteiger partial charge < -0.3 is 18.9 Å². The molecule has 1 aliphatic rings. The molecule has 4 heterocycles. The van der Waals surface area contributed by atoms with Gasteiger partial charge in [-0.15, -0.1) is 0 Å². The summed E-state index contributed by atoms with van der Waals surface area (Å²) in [5.74, 6) is 2.00. The molecule has 3 aromatic heterocycles. The topological polar surface area (TPSA) is 99.3 Å². The van der Waals surface area contributed by atoms with E-state index in [4.69, 9.17) is 25.6 Å². The fourth-order valence-electron chi connectivity index (χ4n) is 3.13. The Morgan fingerprint density at radius 2 is 2.00 bits per heavy atom. The average molecular weight is 389 g/mol. The summed E-state index contributed by atoms with van der Waals surface area (Å²) in [6, 6.07) is 3.36. The van der Waals surface area contributed by atoms with Gasteiger partial charge in [-0.2, -0.15) is 4.98 Å². The Labute approximate surface area is 160 Å². The van der Waals surface area contributed by atoms with Gasteiger partial charge in [-0.05, 0) is 12.8 Å². The average Bonchev–Trinajstić information content (AvgIpc) is 3.36. The van der Waals surface area contributed by atoms with Crippen molar-refractivity contribution in [3.05, 3.63) is 35.4 Å². The van der Waals surface area contributed by atoms with Gasteiger partial charge in [-0.3, -0.25) is 0 Å². The van der Waals surface area contributed by atoms with Crippen molar-refractivity contribution in [3.8, 4) is 23.1 Å². The lowest BCUT2D eigenvalue weighted by Crippen LogP contribution is -2.24. The summed E-state index contributed by atoms with van der Waals surface area (Å²) in [5, 5.41) is 4.47. The van der Waals surface area contributed by atoms with E-state index in [0.29, 0.717) is 40.0 Å². The largest absolute Gasteiger partial charge is 0.481 e. The van der Waals surface area contributed by atoms with Gasteiger partial charge in [-0.1, -0.05) is 16.8 Å². The van der Waals surface area contributed by atoms with Gasteiger partial charge in [0.1, 0.15) is 10.8 Å². The lowest BCUT2D eigenvalue weighted by atomic mass is 10.1. The molecule has 0 saturated carbocycles. The third kappa shape index (κ3) is 3.37. The second-order valence-electron chi connectivity index (χ2n) is 5.91. The second kappa shape index (κ2) is 7.36. The molecule has 10 heteroatoms. The summed E-state index contributed by atoms with van der Waals surface area (Å²) in [4.78, 5) is 19.2. The van der Waals surface area contributed by atoms with Gasteiger partial charge in [-0.25, -0.2) is 15.0 Å². The lowest BCUT2D eigenvalue weighted by Gasteiger charge is -2.22. The predicted octanol–water partition coefficient (Wildman–Crippen LogP) is 2.93. The van der Waals surface area contributed by atoms with Crippen molar-refractivity contribution in [1.82, 2.24) is 25.1 Å². The van der Waals surface area contributed by atoms with Crippen LogP contribution in [0, 0.1) is 0 Å². The molecular formula is C17H17ClN6O3. The Balaban J connectivity index is 1.65. The van der Waals surface area contributed by atoms with Crippen molar-refractivity contribution < 1.29 is 14.0 Å². The van der Waals surface area contributed by atoms with Crippen molar-refractivity contribution in [2.24, 2.45) is 0 Å². The number of methoxy groups -OCH3 is 2. The fourth-order valence-corrected chi connectivity index (χ4v) is 3.30. The number of hydrogen-bond donors (Lipinski definition) is 0. The molecule has 1 atom stereocenters. The number of hydrogen-bond acceptors (Lipinski definition) is 9. The van der Waals surface area contributed by atoms with E-state index >= 15 is 0 Å². The van der Waals surface area contributed by atoms with E-state index in [9.17, 15) is 0 Å². The highest BCUT2D eigenvalue weighted by atomic mass is 35.5. The summed E-state index contributed by atoms with van der Waals surface area (Å²) in [6.07, 6.45) is 4.99. The molecule has 1 saturated heterocycles. The van der Waals surface area contributed by atoms with Crippen LogP contribution >= 0.6 is 11.6 Å². The quantitative estimate of drug-likeness (QED) is 0.610. The SMILES string of the molecule is COc1cc(Cl)nc(N2CCC[C@H]2c2cc(-c3nccnc3OC)no2)n1. The van der Waals surface area contributed by atoms with E-state index in [1.807, 2.05) is 11.0 Å². The molecule has 0 spiro atoms. The van der Waals surface area contributed by atoms with Gasteiger partial charge in [0.15, 0.2) is 11.5 Å². The molecule has 0 aromatic carbocycles. The summed E-state index contributed by atoms with van der Waals surface area (Å²) >= 11 is 6.10. The van der Waals surface area contributed by atoms with Crippen LogP contribution < -0.4 is 14.4 Å². The Morgan fingerprint density at radius 1 is 1.15 bits per heavy atom. The maximum absolute atomic E-state index is 6.10. The fraction of sp³-hybridized carbons (Fsp3) is 0.353. The van der Waals surface area contributed by atoms with Crippen LogP contribution in [0.4, 0.5) is 5.95 Å². The number of halogens is 1. The maximum Gasteiger partial charge on any atom is 0.242 e. The number of aromatic nitrogens is 5. The molecule has 1 aliphatic heterocycles. The molecule has 9 nitrogen and oxygen atoms in total. The van der Waals surface area contributed by atoms with Crippen LogP contribution in [-0.4, -0.2) is 45.9 Å². The molecule has 3 aromatic rings. The zero-order chi connectivity index (χ0) is 18.8. The Morgan fingerprint density at radius 3 is 2.81 bits per heavy atom. The Hall–Kier alpha value is -2.94. The summed E-state index contributed by atoms with van der Waals surface area (Å²) in [5.41, 5.74) is 1.09. The number of ether oxygens (including phenoxy) is 2. The minimum absolute atomic E-state index is 0.0583. The minimum Gasteiger partial charge on any atom is -0.481 e. The smallest absolute Gasteiger partial charge is 0.242 e. The molecule has 0 unspecified atom stereocenters. The molecule has 140 valence electrons. The molecule has 4 rings (SSSR count). The maximum atomic E-state index is 6.10. The number of nitrogens with zero attached hydrogens (tertiary/aromatic N) is 6. The van der Waals surface area contributed by atoms with E-state index in [-0.39, 0.29) is 6.04 Å².